The van der Waals surface area contributed by atoms with E-state index in [0.717, 1.165) is 17.7 Å². The van der Waals surface area contributed by atoms with Crippen LogP contribution in [-0.4, -0.2) is 0 Å². The van der Waals surface area contributed by atoms with Crippen molar-refractivity contribution in [3.8, 4) is 0 Å². The molecule has 1 atom stereocenters. The summed E-state index contributed by atoms with van der Waals surface area (Å²) in [5.41, 5.74) is 7.49. The molecule has 0 aliphatic heterocycles. The minimum Gasteiger partial charge on any atom is -0.324 e. The largest absolute Gasteiger partial charge is 0.324 e. The van der Waals surface area contributed by atoms with Gasteiger partial charge in [0.25, 0.3) is 0 Å². The zero-order chi connectivity index (χ0) is 13.1. The van der Waals surface area contributed by atoms with Gasteiger partial charge in [-0.2, -0.15) is 0 Å². The van der Waals surface area contributed by atoms with Crippen molar-refractivity contribution < 1.29 is 8.78 Å². The highest BCUT2D eigenvalue weighted by Gasteiger charge is 2.10. The third-order valence-corrected chi connectivity index (χ3v) is 2.95. The van der Waals surface area contributed by atoms with E-state index in [4.69, 9.17) is 17.3 Å². The molecule has 2 N–H and O–H groups in total. The van der Waals surface area contributed by atoms with Crippen LogP contribution in [0.3, 0.4) is 0 Å². The summed E-state index contributed by atoms with van der Waals surface area (Å²) in [5.74, 6) is -1.75. The van der Waals surface area contributed by atoms with Gasteiger partial charge in [-0.25, -0.2) is 8.78 Å². The predicted octanol–water partition coefficient (Wildman–Crippen LogP) is 3.86. The Kier molecular flexibility index (Phi) is 3.94. The van der Waals surface area contributed by atoms with Gasteiger partial charge in [0.05, 0.1) is 0 Å². The smallest absolute Gasteiger partial charge is 0.159 e. The number of halogens is 3. The molecule has 18 heavy (non-hydrogen) atoms. The quantitative estimate of drug-likeness (QED) is 0.898. The molecule has 0 bridgehead atoms. The van der Waals surface area contributed by atoms with Crippen molar-refractivity contribution in [3.05, 3.63) is 70.2 Å². The Hall–Kier alpha value is -1.45. The van der Waals surface area contributed by atoms with Crippen LogP contribution in [0.25, 0.3) is 0 Å². The van der Waals surface area contributed by atoms with Gasteiger partial charge >= 0.3 is 0 Å². The number of nitrogens with two attached hydrogens (primary N) is 1. The molecule has 0 saturated carbocycles. The molecule has 0 amide bonds. The molecule has 2 rings (SSSR count). The second kappa shape index (κ2) is 5.46. The lowest BCUT2D eigenvalue weighted by atomic mass is 9.99. The first-order valence-corrected chi connectivity index (χ1v) is 5.89. The van der Waals surface area contributed by atoms with Gasteiger partial charge in [0.15, 0.2) is 11.6 Å². The van der Waals surface area contributed by atoms with Crippen molar-refractivity contribution in [3.63, 3.8) is 0 Å². The van der Waals surface area contributed by atoms with Crippen LogP contribution >= 0.6 is 11.6 Å². The Morgan fingerprint density at radius 3 is 2.50 bits per heavy atom. The summed E-state index contributed by atoms with van der Waals surface area (Å²) in [7, 11) is 0. The molecule has 0 aliphatic rings. The number of hydrogen-bond acceptors (Lipinski definition) is 1. The van der Waals surface area contributed by atoms with Gasteiger partial charge in [0.2, 0.25) is 0 Å². The first kappa shape index (κ1) is 13.0. The lowest BCUT2D eigenvalue weighted by Gasteiger charge is -2.12. The summed E-state index contributed by atoms with van der Waals surface area (Å²) in [6.07, 6.45) is 0.519. The molecule has 0 radical (unpaired) electrons. The SMILES string of the molecule is NC(Cc1cccc(Cl)c1)c1ccc(F)c(F)c1. The lowest BCUT2D eigenvalue weighted by Crippen LogP contribution is -2.13. The zero-order valence-electron chi connectivity index (χ0n) is 9.54. The van der Waals surface area contributed by atoms with Crippen molar-refractivity contribution in [1.29, 1.82) is 0 Å². The first-order valence-electron chi connectivity index (χ1n) is 5.51. The molecular weight excluding hydrogens is 256 g/mol. The van der Waals surface area contributed by atoms with E-state index in [1.807, 2.05) is 12.1 Å². The molecule has 4 heteroatoms. The normalized spacial score (nSPS) is 12.4. The molecule has 2 aromatic carbocycles. The van der Waals surface area contributed by atoms with Crippen LogP contribution in [-0.2, 0) is 6.42 Å². The average Bonchev–Trinajstić information content (AvgIpc) is 2.32. The van der Waals surface area contributed by atoms with Crippen LogP contribution < -0.4 is 5.73 Å². The minimum atomic E-state index is -0.881. The fourth-order valence-electron chi connectivity index (χ4n) is 1.78. The van der Waals surface area contributed by atoms with Crippen molar-refractivity contribution in [2.45, 2.75) is 12.5 Å². The summed E-state index contributed by atoms with van der Waals surface area (Å²) >= 11 is 5.87. The lowest BCUT2D eigenvalue weighted by molar-refractivity contribution is 0.505. The first-order chi connectivity index (χ1) is 8.56. The van der Waals surface area contributed by atoms with Crippen molar-refractivity contribution in [2.75, 3.05) is 0 Å². The maximum Gasteiger partial charge on any atom is 0.159 e. The van der Waals surface area contributed by atoms with Gasteiger partial charge in [-0.1, -0.05) is 29.8 Å². The Morgan fingerprint density at radius 2 is 1.83 bits per heavy atom. The average molecular weight is 268 g/mol. The summed E-state index contributed by atoms with van der Waals surface area (Å²) in [5, 5.41) is 0.630. The Morgan fingerprint density at radius 1 is 1.06 bits per heavy atom. The molecule has 0 spiro atoms. The highest BCUT2D eigenvalue weighted by Crippen LogP contribution is 2.20. The molecular formula is C14H12ClF2N. The van der Waals surface area contributed by atoms with Crippen molar-refractivity contribution >= 4 is 11.6 Å². The van der Waals surface area contributed by atoms with E-state index in [-0.39, 0.29) is 0 Å². The van der Waals surface area contributed by atoms with Crippen LogP contribution in [0.15, 0.2) is 42.5 Å². The topological polar surface area (TPSA) is 26.0 Å². The molecule has 2 aromatic rings. The summed E-state index contributed by atoms with van der Waals surface area (Å²) in [4.78, 5) is 0. The number of rotatable bonds is 3. The fraction of sp³-hybridized carbons (Fsp3) is 0.143. The maximum absolute atomic E-state index is 13.1. The van der Waals surface area contributed by atoms with Gasteiger partial charge in [-0.3, -0.25) is 0 Å². The van der Waals surface area contributed by atoms with E-state index in [2.05, 4.69) is 0 Å². The van der Waals surface area contributed by atoms with E-state index in [0.29, 0.717) is 17.0 Å². The third-order valence-electron chi connectivity index (χ3n) is 2.72. The molecule has 0 saturated heterocycles. The van der Waals surface area contributed by atoms with E-state index in [1.165, 1.54) is 6.07 Å². The Balaban J connectivity index is 2.16. The van der Waals surface area contributed by atoms with E-state index in [9.17, 15) is 8.78 Å². The van der Waals surface area contributed by atoms with Crippen LogP contribution in [0.4, 0.5) is 8.78 Å². The molecule has 0 fully saturated rings. The van der Waals surface area contributed by atoms with Crippen molar-refractivity contribution in [1.82, 2.24) is 0 Å². The monoisotopic (exact) mass is 267 g/mol. The van der Waals surface area contributed by atoms with Gasteiger partial charge in [0, 0.05) is 11.1 Å². The molecule has 1 nitrogen and oxygen atoms in total. The van der Waals surface area contributed by atoms with Crippen LogP contribution in [0.1, 0.15) is 17.2 Å². The Labute approximate surface area is 109 Å². The van der Waals surface area contributed by atoms with Crippen LogP contribution in [0, 0.1) is 11.6 Å². The predicted molar refractivity (Wildman–Crippen MR) is 68.4 cm³/mol. The van der Waals surface area contributed by atoms with Gasteiger partial charge in [-0.15, -0.1) is 0 Å². The summed E-state index contributed by atoms with van der Waals surface area (Å²) in [6, 6.07) is 10.6. The summed E-state index contributed by atoms with van der Waals surface area (Å²) in [6.45, 7) is 0. The second-order valence-electron chi connectivity index (χ2n) is 4.11. The minimum absolute atomic E-state index is 0.390. The summed E-state index contributed by atoms with van der Waals surface area (Å²) < 4.78 is 25.9. The van der Waals surface area contributed by atoms with Gasteiger partial charge in [0.1, 0.15) is 0 Å². The molecule has 0 aromatic heterocycles. The van der Waals surface area contributed by atoms with E-state index in [1.54, 1.807) is 12.1 Å². The third kappa shape index (κ3) is 3.06. The second-order valence-corrected chi connectivity index (χ2v) is 4.55. The highest BCUT2D eigenvalue weighted by atomic mass is 35.5. The molecule has 0 heterocycles. The fourth-order valence-corrected chi connectivity index (χ4v) is 1.99. The molecule has 1 unspecified atom stereocenters. The number of hydrogen-bond donors (Lipinski definition) is 1. The highest BCUT2D eigenvalue weighted by molar-refractivity contribution is 6.30. The van der Waals surface area contributed by atoms with Gasteiger partial charge < -0.3 is 5.73 Å². The molecule has 94 valence electrons. The zero-order valence-corrected chi connectivity index (χ0v) is 10.3. The van der Waals surface area contributed by atoms with E-state index >= 15 is 0 Å². The van der Waals surface area contributed by atoms with Crippen molar-refractivity contribution in [2.24, 2.45) is 5.73 Å². The number of benzene rings is 2. The molecule has 0 aliphatic carbocycles. The Bertz CT molecular complexity index is 557. The maximum atomic E-state index is 13.1. The van der Waals surface area contributed by atoms with Gasteiger partial charge in [-0.05, 0) is 41.8 Å². The standard InChI is InChI=1S/C14H12ClF2N/c15-11-3-1-2-9(6-11)7-14(18)10-4-5-12(16)13(17)8-10/h1-6,8,14H,7,18H2. The van der Waals surface area contributed by atoms with Crippen LogP contribution in [0.2, 0.25) is 5.02 Å². The van der Waals surface area contributed by atoms with E-state index < -0.39 is 17.7 Å². The van der Waals surface area contributed by atoms with Crippen LogP contribution in [0.5, 0.6) is 0 Å².